The number of aromatic nitrogens is 2. The quantitative estimate of drug-likeness (QED) is 0.400. The van der Waals surface area contributed by atoms with Gasteiger partial charge in [0.05, 0.1) is 18.8 Å². The highest BCUT2D eigenvalue weighted by Gasteiger charge is 2.42. The van der Waals surface area contributed by atoms with Crippen molar-refractivity contribution in [2.45, 2.75) is 19.0 Å². The van der Waals surface area contributed by atoms with E-state index in [0.717, 1.165) is 34.2 Å². The zero-order chi connectivity index (χ0) is 22.9. The van der Waals surface area contributed by atoms with Crippen LogP contribution in [0.2, 0.25) is 0 Å². The average Bonchev–Trinajstić information content (AvgIpc) is 3.39. The van der Waals surface area contributed by atoms with Crippen molar-refractivity contribution in [3.05, 3.63) is 108 Å². The Hall–Kier alpha value is -3.71. The maximum Gasteiger partial charge on any atom is 0.174 e. The maximum atomic E-state index is 13.7. The third-order valence-electron chi connectivity index (χ3n) is 5.94. The summed E-state index contributed by atoms with van der Waals surface area (Å²) < 4.78 is 21.2. The Kier molecular flexibility index (Phi) is 5.56. The molecule has 5 rings (SSSR count). The molecule has 1 fully saturated rings. The molecule has 0 amide bonds. The summed E-state index contributed by atoms with van der Waals surface area (Å²) in [4.78, 5) is 6.66. The van der Waals surface area contributed by atoms with Gasteiger partial charge in [-0.05, 0) is 91.9 Å². The largest absolute Gasteiger partial charge is 0.497 e. The van der Waals surface area contributed by atoms with E-state index in [-0.39, 0.29) is 17.9 Å². The van der Waals surface area contributed by atoms with E-state index in [1.165, 1.54) is 12.1 Å². The van der Waals surface area contributed by atoms with E-state index in [9.17, 15) is 4.39 Å². The molecule has 0 aliphatic carbocycles. The van der Waals surface area contributed by atoms with Gasteiger partial charge >= 0.3 is 0 Å². The number of anilines is 1. The Morgan fingerprint density at radius 2 is 1.67 bits per heavy atom. The van der Waals surface area contributed by atoms with Gasteiger partial charge in [0.25, 0.3) is 0 Å². The lowest BCUT2D eigenvalue weighted by Gasteiger charge is -2.29. The number of benzene rings is 2. The van der Waals surface area contributed by atoms with Crippen molar-refractivity contribution in [3.63, 3.8) is 0 Å². The number of hydrogen-bond acceptors (Lipinski definition) is 3. The van der Waals surface area contributed by atoms with E-state index in [0.29, 0.717) is 5.11 Å². The van der Waals surface area contributed by atoms with Gasteiger partial charge in [-0.3, -0.25) is 4.98 Å². The lowest BCUT2D eigenvalue weighted by molar-refractivity contribution is 0.414. The minimum Gasteiger partial charge on any atom is -0.497 e. The molecule has 0 radical (unpaired) electrons. The Morgan fingerprint density at radius 3 is 2.33 bits per heavy atom. The van der Waals surface area contributed by atoms with Gasteiger partial charge in [0.2, 0.25) is 0 Å². The number of methoxy groups -OCH3 is 1. The SMILES string of the molecule is COc1ccc(-n2c(C)ccc2[C@@H]2[C@@H](c3ccccn3)NC(=S)N2c2ccc(F)cc2)cc1. The van der Waals surface area contributed by atoms with Gasteiger partial charge in [0, 0.05) is 29.0 Å². The summed E-state index contributed by atoms with van der Waals surface area (Å²) in [6.07, 6.45) is 1.78. The van der Waals surface area contributed by atoms with Crippen molar-refractivity contribution < 1.29 is 9.13 Å². The summed E-state index contributed by atoms with van der Waals surface area (Å²) in [6.45, 7) is 2.08. The topological polar surface area (TPSA) is 42.3 Å². The van der Waals surface area contributed by atoms with E-state index in [4.69, 9.17) is 17.0 Å². The molecule has 4 aromatic rings. The van der Waals surface area contributed by atoms with Crippen molar-refractivity contribution >= 4 is 23.0 Å². The second kappa shape index (κ2) is 8.67. The molecular weight excluding hydrogens is 435 g/mol. The predicted octanol–water partition coefficient (Wildman–Crippen LogP) is 5.51. The zero-order valence-electron chi connectivity index (χ0n) is 18.3. The average molecular weight is 459 g/mol. The highest BCUT2D eigenvalue weighted by molar-refractivity contribution is 7.80. The van der Waals surface area contributed by atoms with E-state index in [1.54, 1.807) is 25.4 Å². The molecular formula is C26H23FN4OS. The van der Waals surface area contributed by atoms with Crippen LogP contribution in [0.4, 0.5) is 10.1 Å². The molecule has 7 heteroatoms. The molecule has 0 saturated carbocycles. The first-order chi connectivity index (χ1) is 16.1. The van der Waals surface area contributed by atoms with Crippen LogP contribution in [0.25, 0.3) is 5.69 Å². The second-order valence-corrected chi connectivity index (χ2v) is 8.29. The van der Waals surface area contributed by atoms with Crippen LogP contribution >= 0.6 is 12.2 Å². The Balaban J connectivity index is 1.67. The second-order valence-electron chi connectivity index (χ2n) is 7.91. The van der Waals surface area contributed by atoms with Crippen molar-refractivity contribution in [1.29, 1.82) is 0 Å². The van der Waals surface area contributed by atoms with Gasteiger partial charge in [-0.15, -0.1) is 0 Å². The van der Waals surface area contributed by atoms with Gasteiger partial charge in [0.1, 0.15) is 17.6 Å². The van der Waals surface area contributed by atoms with Crippen molar-refractivity contribution in [2.75, 3.05) is 12.0 Å². The number of rotatable bonds is 5. The number of hydrogen-bond donors (Lipinski definition) is 1. The van der Waals surface area contributed by atoms with E-state index >= 15 is 0 Å². The molecule has 1 saturated heterocycles. The van der Waals surface area contributed by atoms with Gasteiger partial charge in [-0.2, -0.15) is 0 Å². The maximum absolute atomic E-state index is 13.7. The molecule has 33 heavy (non-hydrogen) atoms. The number of pyridine rings is 1. The van der Waals surface area contributed by atoms with Crippen LogP contribution in [0.1, 0.15) is 29.2 Å². The number of halogens is 1. The monoisotopic (exact) mass is 458 g/mol. The number of nitrogens with zero attached hydrogens (tertiary/aromatic N) is 3. The van der Waals surface area contributed by atoms with E-state index in [2.05, 4.69) is 33.9 Å². The molecule has 3 heterocycles. The molecule has 0 bridgehead atoms. The van der Waals surface area contributed by atoms with Gasteiger partial charge < -0.3 is 19.5 Å². The number of nitrogens with one attached hydrogen (secondary N) is 1. The number of aryl methyl sites for hydroxylation is 1. The molecule has 0 unspecified atom stereocenters. The van der Waals surface area contributed by atoms with E-state index < -0.39 is 0 Å². The van der Waals surface area contributed by atoms with Crippen LogP contribution in [0, 0.1) is 12.7 Å². The number of ether oxygens (including phenoxy) is 1. The van der Waals surface area contributed by atoms with Crippen LogP contribution < -0.4 is 15.0 Å². The van der Waals surface area contributed by atoms with Crippen molar-refractivity contribution in [3.8, 4) is 11.4 Å². The molecule has 2 aromatic carbocycles. The molecule has 5 nitrogen and oxygen atoms in total. The Bertz CT molecular complexity index is 1270. The minimum atomic E-state index is -0.285. The predicted molar refractivity (Wildman–Crippen MR) is 131 cm³/mol. The first-order valence-electron chi connectivity index (χ1n) is 10.7. The molecule has 1 N–H and O–H groups in total. The Morgan fingerprint density at radius 1 is 0.939 bits per heavy atom. The molecule has 166 valence electrons. The van der Waals surface area contributed by atoms with Gasteiger partial charge in [0.15, 0.2) is 5.11 Å². The molecule has 2 aromatic heterocycles. The summed E-state index contributed by atoms with van der Waals surface area (Å²) in [5.41, 5.74) is 4.86. The fraction of sp³-hybridized carbons (Fsp3) is 0.154. The normalized spacial score (nSPS) is 17.8. The summed E-state index contributed by atoms with van der Waals surface area (Å²) in [5.74, 6) is 0.514. The number of thiocarbonyl (C=S) groups is 1. The lowest BCUT2D eigenvalue weighted by atomic mass is 10.0. The van der Waals surface area contributed by atoms with Crippen molar-refractivity contribution in [1.82, 2.24) is 14.9 Å². The van der Waals surface area contributed by atoms with Gasteiger partial charge in [-0.25, -0.2) is 4.39 Å². The third kappa shape index (κ3) is 3.85. The van der Waals surface area contributed by atoms with Crippen molar-refractivity contribution in [2.24, 2.45) is 0 Å². The summed E-state index contributed by atoms with van der Waals surface area (Å²) in [7, 11) is 1.66. The third-order valence-corrected chi connectivity index (χ3v) is 6.26. The van der Waals surface area contributed by atoms with Crippen LogP contribution in [-0.2, 0) is 0 Å². The molecule has 1 aliphatic rings. The van der Waals surface area contributed by atoms with Gasteiger partial charge in [-0.1, -0.05) is 6.07 Å². The fourth-order valence-corrected chi connectivity index (χ4v) is 4.75. The lowest BCUT2D eigenvalue weighted by Crippen LogP contribution is -2.30. The van der Waals surface area contributed by atoms with Crippen LogP contribution in [0.3, 0.4) is 0 Å². The van der Waals surface area contributed by atoms with Crippen LogP contribution in [-0.4, -0.2) is 21.8 Å². The van der Waals surface area contributed by atoms with Crippen LogP contribution in [0.5, 0.6) is 5.75 Å². The van der Waals surface area contributed by atoms with Crippen LogP contribution in [0.15, 0.2) is 85.1 Å². The highest BCUT2D eigenvalue weighted by Crippen LogP contribution is 2.42. The molecule has 2 atom stereocenters. The minimum absolute atomic E-state index is 0.185. The standard InChI is InChI=1S/C26H23FN4OS/c1-17-6-15-23(30(17)19-11-13-21(32-2)14-12-19)25-24(22-5-3-4-16-28-22)29-26(33)31(25)20-9-7-18(27)8-10-20/h3-16,24-25H,1-2H3,(H,29,33)/t24-,25-/m1/s1. The molecule has 0 spiro atoms. The Labute approximate surface area is 197 Å². The summed E-state index contributed by atoms with van der Waals surface area (Å²) >= 11 is 5.78. The summed E-state index contributed by atoms with van der Waals surface area (Å²) in [5, 5.41) is 4.03. The first-order valence-corrected chi connectivity index (χ1v) is 11.1. The fourth-order valence-electron chi connectivity index (χ4n) is 4.41. The molecule has 1 aliphatic heterocycles. The highest BCUT2D eigenvalue weighted by atomic mass is 32.1. The smallest absolute Gasteiger partial charge is 0.174 e. The zero-order valence-corrected chi connectivity index (χ0v) is 19.1. The summed E-state index contributed by atoms with van der Waals surface area (Å²) in [6, 6.07) is 24.1. The first kappa shape index (κ1) is 21.2. The van der Waals surface area contributed by atoms with E-state index in [1.807, 2.05) is 47.4 Å².